The molecule has 0 heterocycles. The fourth-order valence-electron chi connectivity index (χ4n) is 1.88. The minimum atomic E-state index is -0.208. The monoisotopic (exact) mass is 269 g/mol. The molecule has 0 radical (unpaired) electrons. The first-order chi connectivity index (χ1) is 9.74. The Kier molecular flexibility index (Phi) is 4.80. The third-order valence-corrected chi connectivity index (χ3v) is 3.06. The molecule has 0 aliphatic heterocycles. The van der Waals surface area contributed by atoms with Crippen LogP contribution in [0.15, 0.2) is 61.2 Å². The number of benzene rings is 2. The molecule has 104 valence electrons. The Balaban J connectivity index is 2.18. The largest absolute Gasteiger partial charge is 0.493 e. The molecule has 3 nitrogen and oxygen atoms in total. The predicted molar refractivity (Wildman–Crippen MR) is 80.9 cm³/mol. The summed E-state index contributed by atoms with van der Waals surface area (Å²) in [6.45, 7) is 4.20. The molecule has 0 bridgehead atoms. The van der Waals surface area contributed by atoms with Crippen LogP contribution in [0.25, 0.3) is 0 Å². The van der Waals surface area contributed by atoms with Crippen molar-refractivity contribution in [2.24, 2.45) is 5.73 Å². The fourth-order valence-corrected chi connectivity index (χ4v) is 1.88. The molecule has 0 saturated heterocycles. The molecule has 2 rings (SSSR count). The van der Waals surface area contributed by atoms with Crippen LogP contribution in [0.3, 0.4) is 0 Å². The third kappa shape index (κ3) is 3.39. The Hall–Kier alpha value is -2.26. The van der Waals surface area contributed by atoms with Crippen LogP contribution in [-0.2, 0) is 6.61 Å². The number of hydrogen-bond donors (Lipinski definition) is 1. The molecular formula is C17H19NO2. The van der Waals surface area contributed by atoms with E-state index in [9.17, 15) is 0 Å². The van der Waals surface area contributed by atoms with Crippen molar-refractivity contribution in [2.75, 3.05) is 7.11 Å². The number of nitrogens with two attached hydrogens (primary N) is 1. The van der Waals surface area contributed by atoms with E-state index in [2.05, 4.69) is 6.58 Å². The van der Waals surface area contributed by atoms with Gasteiger partial charge in [-0.1, -0.05) is 42.5 Å². The maximum Gasteiger partial charge on any atom is 0.162 e. The van der Waals surface area contributed by atoms with E-state index >= 15 is 0 Å². The number of rotatable bonds is 6. The summed E-state index contributed by atoms with van der Waals surface area (Å²) in [6, 6.07) is 15.5. The first-order valence-corrected chi connectivity index (χ1v) is 6.47. The SMILES string of the molecule is C=C[C@H](N)c1ccc(OC)c(OCc2ccccc2)c1. The van der Waals surface area contributed by atoms with Crippen molar-refractivity contribution in [1.82, 2.24) is 0 Å². The molecular weight excluding hydrogens is 250 g/mol. The van der Waals surface area contributed by atoms with E-state index in [-0.39, 0.29) is 6.04 Å². The first-order valence-electron chi connectivity index (χ1n) is 6.47. The second kappa shape index (κ2) is 6.78. The van der Waals surface area contributed by atoms with Gasteiger partial charge in [0, 0.05) is 6.04 Å². The lowest BCUT2D eigenvalue weighted by atomic mass is 10.1. The minimum Gasteiger partial charge on any atom is -0.493 e. The highest BCUT2D eigenvalue weighted by molar-refractivity contribution is 5.44. The smallest absolute Gasteiger partial charge is 0.162 e. The molecule has 0 fully saturated rings. The lowest BCUT2D eigenvalue weighted by molar-refractivity contribution is 0.284. The summed E-state index contributed by atoms with van der Waals surface area (Å²) in [5, 5.41) is 0. The van der Waals surface area contributed by atoms with Gasteiger partial charge in [0.1, 0.15) is 6.61 Å². The van der Waals surface area contributed by atoms with Gasteiger partial charge in [0.05, 0.1) is 7.11 Å². The van der Waals surface area contributed by atoms with Gasteiger partial charge in [-0.25, -0.2) is 0 Å². The van der Waals surface area contributed by atoms with Crippen LogP contribution in [0.4, 0.5) is 0 Å². The van der Waals surface area contributed by atoms with Crippen LogP contribution in [0, 0.1) is 0 Å². The molecule has 0 spiro atoms. The molecule has 0 aliphatic rings. The molecule has 0 aliphatic carbocycles. The Bertz CT molecular complexity index is 566. The van der Waals surface area contributed by atoms with Crippen LogP contribution in [-0.4, -0.2) is 7.11 Å². The third-order valence-electron chi connectivity index (χ3n) is 3.06. The van der Waals surface area contributed by atoms with Crippen molar-refractivity contribution in [3.63, 3.8) is 0 Å². The molecule has 0 amide bonds. The Labute approximate surface area is 119 Å². The standard InChI is InChI=1S/C17H19NO2/c1-3-15(18)14-9-10-16(19-2)17(11-14)20-12-13-7-5-4-6-8-13/h3-11,15H,1,12,18H2,2H3/t15-/m0/s1. The molecule has 20 heavy (non-hydrogen) atoms. The molecule has 2 N–H and O–H groups in total. The first kappa shape index (κ1) is 14.2. The molecule has 0 saturated carbocycles. The Morgan fingerprint density at radius 3 is 2.55 bits per heavy atom. The molecule has 2 aromatic rings. The van der Waals surface area contributed by atoms with Crippen molar-refractivity contribution >= 4 is 0 Å². The van der Waals surface area contributed by atoms with Crippen LogP contribution >= 0.6 is 0 Å². The zero-order chi connectivity index (χ0) is 14.4. The second-order valence-corrected chi connectivity index (χ2v) is 4.45. The Morgan fingerprint density at radius 1 is 1.15 bits per heavy atom. The topological polar surface area (TPSA) is 44.5 Å². The van der Waals surface area contributed by atoms with E-state index < -0.39 is 0 Å². The van der Waals surface area contributed by atoms with Crippen LogP contribution in [0.2, 0.25) is 0 Å². The van der Waals surface area contributed by atoms with Gasteiger partial charge in [-0.2, -0.15) is 0 Å². The maximum atomic E-state index is 5.95. The van der Waals surface area contributed by atoms with Crippen molar-refractivity contribution in [3.05, 3.63) is 72.3 Å². The van der Waals surface area contributed by atoms with E-state index in [1.165, 1.54) is 0 Å². The van der Waals surface area contributed by atoms with Gasteiger partial charge in [-0.3, -0.25) is 0 Å². The molecule has 0 unspecified atom stereocenters. The molecule has 2 aromatic carbocycles. The number of hydrogen-bond acceptors (Lipinski definition) is 3. The van der Waals surface area contributed by atoms with Crippen molar-refractivity contribution in [2.45, 2.75) is 12.6 Å². The predicted octanol–water partition coefficient (Wildman–Crippen LogP) is 3.46. The quantitative estimate of drug-likeness (QED) is 0.817. The minimum absolute atomic E-state index is 0.208. The summed E-state index contributed by atoms with van der Waals surface area (Å²) < 4.78 is 11.1. The van der Waals surface area contributed by atoms with E-state index in [1.54, 1.807) is 13.2 Å². The van der Waals surface area contributed by atoms with E-state index in [0.717, 1.165) is 11.1 Å². The highest BCUT2D eigenvalue weighted by Gasteiger charge is 2.09. The van der Waals surface area contributed by atoms with Crippen LogP contribution in [0.5, 0.6) is 11.5 Å². The zero-order valence-corrected chi connectivity index (χ0v) is 11.6. The van der Waals surface area contributed by atoms with Gasteiger partial charge in [0.15, 0.2) is 11.5 Å². The van der Waals surface area contributed by atoms with E-state index in [1.807, 2.05) is 48.5 Å². The average molecular weight is 269 g/mol. The van der Waals surface area contributed by atoms with Crippen LogP contribution in [0.1, 0.15) is 17.2 Å². The van der Waals surface area contributed by atoms with Gasteiger partial charge < -0.3 is 15.2 Å². The van der Waals surface area contributed by atoms with Crippen LogP contribution < -0.4 is 15.2 Å². The second-order valence-electron chi connectivity index (χ2n) is 4.45. The fraction of sp³-hybridized carbons (Fsp3) is 0.176. The molecule has 3 heteroatoms. The van der Waals surface area contributed by atoms with Crippen molar-refractivity contribution < 1.29 is 9.47 Å². The lowest BCUT2D eigenvalue weighted by Gasteiger charge is -2.14. The Morgan fingerprint density at radius 2 is 1.90 bits per heavy atom. The van der Waals surface area contributed by atoms with Gasteiger partial charge in [0.25, 0.3) is 0 Å². The van der Waals surface area contributed by atoms with Gasteiger partial charge in [0.2, 0.25) is 0 Å². The van der Waals surface area contributed by atoms with Gasteiger partial charge in [-0.05, 0) is 23.3 Å². The average Bonchev–Trinajstić information content (AvgIpc) is 2.52. The zero-order valence-electron chi connectivity index (χ0n) is 11.6. The molecule has 0 aromatic heterocycles. The number of ether oxygens (including phenoxy) is 2. The summed E-state index contributed by atoms with van der Waals surface area (Å²) in [5.74, 6) is 1.38. The van der Waals surface area contributed by atoms with Gasteiger partial charge >= 0.3 is 0 Å². The summed E-state index contributed by atoms with van der Waals surface area (Å²) in [7, 11) is 1.62. The normalized spacial score (nSPS) is 11.7. The number of methoxy groups -OCH3 is 1. The maximum absolute atomic E-state index is 5.95. The summed E-state index contributed by atoms with van der Waals surface area (Å²) >= 11 is 0. The van der Waals surface area contributed by atoms with E-state index in [4.69, 9.17) is 15.2 Å². The lowest BCUT2D eigenvalue weighted by Crippen LogP contribution is -2.07. The highest BCUT2D eigenvalue weighted by Crippen LogP contribution is 2.30. The van der Waals surface area contributed by atoms with Crippen molar-refractivity contribution in [3.8, 4) is 11.5 Å². The van der Waals surface area contributed by atoms with Crippen molar-refractivity contribution in [1.29, 1.82) is 0 Å². The summed E-state index contributed by atoms with van der Waals surface area (Å²) in [4.78, 5) is 0. The summed E-state index contributed by atoms with van der Waals surface area (Å²) in [6.07, 6.45) is 1.70. The van der Waals surface area contributed by atoms with Gasteiger partial charge in [-0.15, -0.1) is 6.58 Å². The molecule has 1 atom stereocenters. The summed E-state index contributed by atoms with van der Waals surface area (Å²) in [5.41, 5.74) is 8.00. The van der Waals surface area contributed by atoms with E-state index in [0.29, 0.717) is 18.1 Å². The highest BCUT2D eigenvalue weighted by atomic mass is 16.5.